The Morgan fingerprint density at radius 2 is 2.11 bits per heavy atom. The Hall–Kier alpha value is -2.18. The van der Waals surface area contributed by atoms with Gasteiger partial charge in [-0.05, 0) is 44.4 Å². The van der Waals surface area contributed by atoms with Crippen molar-refractivity contribution in [3.63, 3.8) is 0 Å². The number of aryl methyl sites for hydroxylation is 2. The van der Waals surface area contributed by atoms with Crippen LogP contribution in [-0.4, -0.2) is 27.3 Å². The van der Waals surface area contributed by atoms with Gasteiger partial charge in [0.15, 0.2) is 0 Å². The van der Waals surface area contributed by atoms with Gasteiger partial charge in [-0.3, -0.25) is 4.79 Å². The maximum Gasteiger partial charge on any atom is 0.228 e. The minimum Gasteiger partial charge on any atom is -0.443 e. The lowest BCUT2D eigenvalue weighted by atomic mass is 10.1. The van der Waals surface area contributed by atoms with E-state index in [9.17, 15) is 4.79 Å². The molecule has 1 aliphatic heterocycles. The van der Waals surface area contributed by atoms with Gasteiger partial charge in [-0.15, -0.1) is 11.3 Å². The van der Waals surface area contributed by atoms with Crippen LogP contribution in [0.15, 0.2) is 34.9 Å². The van der Waals surface area contributed by atoms with Crippen molar-refractivity contribution in [1.82, 2.24) is 14.9 Å². The summed E-state index contributed by atoms with van der Waals surface area (Å²) >= 11 is 7.54. The van der Waals surface area contributed by atoms with E-state index in [4.69, 9.17) is 16.0 Å². The zero-order valence-electron chi connectivity index (χ0n) is 15.9. The summed E-state index contributed by atoms with van der Waals surface area (Å²) in [5.74, 6) is 1.55. The van der Waals surface area contributed by atoms with Crippen molar-refractivity contribution in [2.75, 3.05) is 6.54 Å². The molecule has 0 N–H and O–H groups in total. The summed E-state index contributed by atoms with van der Waals surface area (Å²) < 4.78 is 6.01. The van der Waals surface area contributed by atoms with Crippen LogP contribution in [0.25, 0.3) is 0 Å². The summed E-state index contributed by atoms with van der Waals surface area (Å²) in [5.41, 5.74) is 2.07. The SMILES string of the molecule is Cc1nc(C)c(CC(=O)N2CCC[C@H]2c2ncc(Cc3ccc(Cl)cc3)o2)s1. The molecule has 28 heavy (non-hydrogen) atoms. The smallest absolute Gasteiger partial charge is 0.228 e. The van der Waals surface area contributed by atoms with Crippen LogP contribution >= 0.6 is 22.9 Å². The molecule has 0 radical (unpaired) electrons. The Balaban J connectivity index is 1.46. The first-order valence-corrected chi connectivity index (χ1v) is 10.6. The van der Waals surface area contributed by atoms with Crippen LogP contribution in [0.3, 0.4) is 0 Å². The summed E-state index contributed by atoms with van der Waals surface area (Å²) in [5, 5.41) is 1.71. The third kappa shape index (κ3) is 4.13. The summed E-state index contributed by atoms with van der Waals surface area (Å²) in [4.78, 5) is 24.8. The van der Waals surface area contributed by atoms with E-state index in [0.717, 1.165) is 46.3 Å². The Kier molecular flexibility index (Phi) is 5.51. The lowest BCUT2D eigenvalue weighted by Crippen LogP contribution is -2.32. The predicted molar refractivity (Wildman–Crippen MR) is 110 cm³/mol. The zero-order chi connectivity index (χ0) is 19.7. The number of hydrogen-bond acceptors (Lipinski definition) is 5. The molecule has 1 fully saturated rings. The van der Waals surface area contributed by atoms with Gasteiger partial charge in [0.25, 0.3) is 0 Å². The van der Waals surface area contributed by atoms with Gasteiger partial charge in [-0.1, -0.05) is 23.7 Å². The zero-order valence-corrected chi connectivity index (χ0v) is 17.5. The highest BCUT2D eigenvalue weighted by atomic mass is 35.5. The van der Waals surface area contributed by atoms with Crippen LogP contribution < -0.4 is 0 Å². The van der Waals surface area contributed by atoms with E-state index in [1.54, 1.807) is 17.5 Å². The Labute approximate surface area is 173 Å². The van der Waals surface area contributed by atoms with E-state index in [-0.39, 0.29) is 11.9 Å². The molecule has 0 aliphatic carbocycles. The number of hydrogen-bond donors (Lipinski definition) is 0. The number of benzene rings is 1. The minimum absolute atomic E-state index is 0.0826. The molecule has 1 amide bonds. The summed E-state index contributed by atoms with van der Waals surface area (Å²) in [6, 6.07) is 7.62. The lowest BCUT2D eigenvalue weighted by Gasteiger charge is -2.22. The number of oxazole rings is 1. The van der Waals surface area contributed by atoms with E-state index in [1.165, 1.54) is 0 Å². The molecular formula is C21H22ClN3O2S. The molecule has 0 unspecified atom stereocenters. The second-order valence-electron chi connectivity index (χ2n) is 7.13. The second-order valence-corrected chi connectivity index (χ2v) is 8.86. The van der Waals surface area contributed by atoms with Crippen LogP contribution in [0, 0.1) is 13.8 Å². The van der Waals surface area contributed by atoms with Crippen molar-refractivity contribution in [3.8, 4) is 0 Å². The highest BCUT2D eigenvalue weighted by Gasteiger charge is 2.33. The van der Waals surface area contributed by atoms with Crippen molar-refractivity contribution < 1.29 is 9.21 Å². The van der Waals surface area contributed by atoms with Crippen LogP contribution in [0.4, 0.5) is 0 Å². The number of carbonyl (C=O) groups is 1. The lowest BCUT2D eigenvalue weighted by molar-refractivity contribution is -0.131. The van der Waals surface area contributed by atoms with Gasteiger partial charge >= 0.3 is 0 Å². The van der Waals surface area contributed by atoms with Crippen LogP contribution in [0.2, 0.25) is 5.02 Å². The normalized spacial score (nSPS) is 16.7. The molecule has 0 spiro atoms. The maximum absolute atomic E-state index is 12.9. The fourth-order valence-electron chi connectivity index (χ4n) is 3.66. The Morgan fingerprint density at radius 1 is 1.32 bits per heavy atom. The number of nitrogens with zero attached hydrogens (tertiary/aromatic N) is 3. The number of aromatic nitrogens is 2. The number of amides is 1. The third-order valence-corrected chi connectivity index (χ3v) is 6.36. The number of thiazole rings is 1. The third-order valence-electron chi connectivity index (χ3n) is 5.03. The molecule has 3 aromatic rings. The second kappa shape index (κ2) is 8.05. The number of rotatable bonds is 5. The molecule has 0 saturated carbocycles. The van der Waals surface area contributed by atoms with E-state index in [1.807, 2.05) is 43.0 Å². The van der Waals surface area contributed by atoms with Gasteiger partial charge in [0.1, 0.15) is 11.8 Å². The van der Waals surface area contributed by atoms with E-state index >= 15 is 0 Å². The Morgan fingerprint density at radius 3 is 2.82 bits per heavy atom. The fourth-order valence-corrected chi connectivity index (χ4v) is 4.71. The molecule has 1 atom stereocenters. The average molecular weight is 416 g/mol. The van der Waals surface area contributed by atoms with Crippen LogP contribution in [-0.2, 0) is 17.6 Å². The van der Waals surface area contributed by atoms with Crippen molar-refractivity contribution in [1.29, 1.82) is 0 Å². The van der Waals surface area contributed by atoms with Crippen molar-refractivity contribution in [2.24, 2.45) is 0 Å². The van der Waals surface area contributed by atoms with Gasteiger partial charge in [0, 0.05) is 22.9 Å². The molecule has 1 aromatic carbocycles. The van der Waals surface area contributed by atoms with E-state index in [2.05, 4.69) is 9.97 Å². The fraction of sp³-hybridized carbons (Fsp3) is 0.381. The molecule has 7 heteroatoms. The topological polar surface area (TPSA) is 59.2 Å². The van der Waals surface area contributed by atoms with Crippen molar-refractivity contribution >= 4 is 28.8 Å². The quantitative estimate of drug-likeness (QED) is 0.594. The van der Waals surface area contributed by atoms with Crippen LogP contribution in [0.5, 0.6) is 0 Å². The highest BCUT2D eigenvalue weighted by Crippen LogP contribution is 2.33. The molecule has 5 nitrogen and oxygen atoms in total. The van der Waals surface area contributed by atoms with Crippen molar-refractivity contribution in [2.45, 2.75) is 45.6 Å². The first-order chi connectivity index (χ1) is 13.5. The molecule has 146 valence electrons. The van der Waals surface area contributed by atoms with Crippen molar-refractivity contribution in [3.05, 3.63) is 68.3 Å². The minimum atomic E-state index is -0.0826. The summed E-state index contributed by atoms with van der Waals surface area (Å²) in [6.07, 6.45) is 4.66. The molecule has 0 bridgehead atoms. The summed E-state index contributed by atoms with van der Waals surface area (Å²) in [6.45, 7) is 4.68. The average Bonchev–Trinajstić information content (AvgIpc) is 3.37. The first-order valence-electron chi connectivity index (χ1n) is 9.41. The van der Waals surface area contributed by atoms with Crippen LogP contribution in [0.1, 0.15) is 51.7 Å². The monoisotopic (exact) mass is 415 g/mol. The molecule has 2 aromatic heterocycles. The van der Waals surface area contributed by atoms with Gasteiger partial charge in [0.05, 0.1) is 23.3 Å². The van der Waals surface area contributed by atoms with Gasteiger partial charge in [0.2, 0.25) is 11.8 Å². The largest absolute Gasteiger partial charge is 0.443 e. The molecule has 4 rings (SSSR count). The Bertz CT molecular complexity index is 980. The predicted octanol–water partition coefficient (Wildman–Crippen LogP) is 4.90. The van der Waals surface area contributed by atoms with Gasteiger partial charge in [-0.25, -0.2) is 9.97 Å². The highest BCUT2D eigenvalue weighted by molar-refractivity contribution is 7.11. The number of carbonyl (C=O) groups excluding carboxylic acids is 1. The summed E-state index contributed by atoms with van der Waals surface area (Å²) in [7, 11) is 0. The standard InChI is InChI=1S/C21H22ClN3O2S/c1-13-19(28-14(2)24-13)11-20(26)25-9-3-4-18(25)21-23-12-17(27-21)10-15-5-7-16(22)8-6-15/h5-8,12,18H,3-4,9-11H2,1-2H3/t18-/m0/s1. The van der Waals surface area contributed by atoms with E-state index < -0.39 is 0 Å². The first kappa shape index (κ1) is 19.2. The number of likely N-dealkylation sites (tertiary alicyclic amines) is 1. The molecule has 3 heterocycles. The maximum atomic E-state index is 12.9. The van der Waals surface area contributed by atoms with Gasteiger partial charge in [-0.2, -0.15) is 0 Å². The molecule has 1 aliphatic rings. The molecular weight excluding hydrogens is 394 g/mol. The molecule has 1 saturated heterocycles. The number of halogens is 1. The van der Waals surface area contributed by atoms with Gasteiger partial charge < -0.3 is 9.32 Å². The van der Waals surface area contributed by atoms with E-state index in [0.29, 0.717) is 23.8 Å².